The second-order valence-electron chi connectivity index (χ2n) is 5.75. The van der Waals surface area contributed by atoms with Crippen molar-refractivity contribution in [3.05, 3.63) is 0 Å². The van der Waals surface area contributed by atoms with Crippen LogP contribution >= 0.6 is 0 Å². The Balaban J connectivity index is -0.000000720. The minimum Gasteiger partial charge on any atom is -0.0915 e. The Hall–Kier alpha value is 1.78. The molecule has 0 N–H and O–H groups in total. The van der Waals surface area contributed by atoms with Gasteiger partial charge in [-0.25, -0.2) is 0 Å². The van der Waals surface area contributed by atoms with Crippen molar-refractivity contribution >= 4 is 31.5 Å². The molecule has 88 valence electrons. The first-order valence-corrected chi connectivity index (χ1v) is 8.36. The van der Waals surface area contributed by atoms with E-state index in [1.165, 1.54) is 0 Å². The third-order valence-electron chi connectivity index (χ3n) is 2.41. The van der Waals surface area contributed by atoms with Gasteiger partial charge in [0.2, 0.25) is 0 Å². The second kappa shape index (κ2) is 12.2. The van der Waals surface area contributed by atoms with Gasteiger partial charge in [0.05, 0.1) is 0 Å². The Kier molecular flexibility index (Phi) is 18.0. The molecule has 0 aliphatic heterocycles. The summed E-state index contributed by atoms with van der Waals surface area (Å²) in [5, 5.41) is 4.66. The van der Waals surface area contributed by atoms with E-state index in [0.717, 1.165) is 17.8 Å². The summed E-state index contributed by atoms with van der Waals surface area (Å²) in [6.45, 7) is 14.3. The van der Waals surface area contributed by atoms with Gasteiger partial charge in [-0.1, -0.05) is 75.1 Å². The van der Waals surface area contributed by atoms with Crippen molar-refractivity contribution in [2.75, 3.05) is 0 Å². The number of rotatable bonds is 6. The van der Waals surface area contributed by atoms with E-state index in [0.29, 0.717) is 0 Å². The monoisotopic (exact) mass is 276 g/mol. The normalized spacial score (nSPS) is 10.2. The molecule has 0 heterocycles. The average Bonchev–Trinajstić information content (AvgIpc) is 1.80. The van der Waals surface area contributed by atoms with Crippen molar-refractivity contribution in [2.45, 2.75) is 57.4 Å². The Morgan fingerprint density at radius 2 is 0.867 bits per heavy atom. The van der Waals surface area contributed by atoms with Gasteiger partial charge >= 0.3 is 0 Å². The quantitative estimate of drug-likeness (QED) is 0.653. The third kappa shape index (κ3) is 15.8. The van der Waals surface area contributed by atoms with Gasteiger partial charge in [0.1, 0.15) is 0 Å². The molecule has 0 atom stereocenters. The molecule has 0 aliphatic carbocycles. The molecule has 0 aliphatic rings. The third-order valence-corrected chi connectivity index (χ3v) is 7.24. The molecular weight excluding hydrogens is 246 g/mol. The average molecular weight is 276 g/mol. The molecule has 15 heavy (non-hydrogen) atoms. The fourth-order valence-electron chi connectivity index (χ4n) is 2.29. The van der Waals surface area contributed by atoms with Crippen molar-refractivity contribution in [2.24, 2.45) is 17.8 Å². The number of hydrogen-bond donors (Lipinski definition) is 0. The van der Waals surface area contributed by atoms with Gasteiger partial charge in [0.25, 0.3) is 14.1 Å². The van der Waals surface area contributed by atoms with Crippen LogP contribution in [0.5, 0.6) is 0 Å². The summed E-state index contributed by atoms with van der Waals surface area (Å²) in [6, 6.07) is 0. The summed E-state index contributed by atoms with van der Waals surface area (Å²) in [5.74, 6) is 2.78. The first kappa shape index (κ1) is 22.0. The van der Waals surface area contributed by atoms with E-state index >= 15 is 0 Å². The van der Waals surface area contributed by atoms with Crippen LogP contribution in [0, 0.1) is 17.8 Å². The summed E-state index contributed by atoms with van der Waals surface area (Å²) >= 11 is -0.407. The zero-order valence-corrected chi connectivity index (χ0v) is 13.6. The van der Waals surface area contributed by atoms with Crippen LogP contribution in [0.15, 0.2) is 0 Å². The fraction of sp³-hybridized carbons (Fsp3) is 1.00. The topological polar surface area (TPSA) is 0 Å². The van der Waals surface area contributed by atoms with Gasteiger partial charge in [0.15, 0.2) is 17.4 Å². The van der Waals surface area contributed by atoms with Crippen LogP contribution in [0.25, 0.3) is 0 Å². The molecule has 0 aromatic rings. The maximum absolute atomic E-state index is 2.38. The predicted molar refractivity (Wildman–Crippen MR) is 74.6 cm³/mol. The Labute approximate surface area is 127 Å². The molecule has 0 fully saturated rings. The van der Waals surface area contributed by atoms with E-state index in [2.05, 4.69) is 41.5 Å². The Bertz CT molecular complexity index is 101. The zero-order chi connectivity index (χ0) is 10.4. The van der Waals surface area contributed by atoms with Crippen LogP contribution in [-0.4, -0.2) is 31.5 Å². The first-order chi connectivity index (χ1) is 5.91. The Morgan fingerprint density at radius 3 is 1.00 bits per heavy atom. The van der Waals surface area contributed by atoms with Gasteiger partial charge in [-0.2, -0.15) is 0 Å². The molecular formula is C12H30Al2Ti. The van der Waals surface area contributed by atoms with E-state index in [4.69, 9.17) is 0 Å². The Morgan fingerprint density at radius 1 is 0.667 bits per heavy atom. The molecule has 0 amide bonds. The summed E-state index contributed by atoms with van der Waals surface area (Å²) in [5.41, 5.74) is 0. The van der Waals surface area contributed by atoms with Gasteiger partial charge in [-0.15, -0.1) is 0 Å². The van der Waals surface area contributed by atoms with Gasteiger partial charge in [-0.3, -0.25) is 0 Å². The molecule has 0 nitrogen and oxygen atoms in total. The van der Waals surface area contributed by atoms with Crippen LogP contribution in [-0.2, 0) is 21.7 Å². The van der Waals surface area contributed by atoms with E-state index in [9.17, 15) is 0 Å². The minimum absolute atomic E-state index is 0. The molecule has 0 unspecified atom stereocenters. The smallest absolute Gasteiger partial charge is 0.0915 e. The van der Waals surface area contributed by atoms with Gasteiger partial charge in [0, 0.05) is 21.7 Å². The van der Waals surface area contributed by atoms with Gasteiger partial charge < -0.3 is 0 Å². The predicted octanol–water partition coefficient (Wildman–Crippen LogP) is 3.26. The van der Waals surface area contributed by atoms with E-state index < -0.39 is 14.1 Å². The maximum Gasteiger partial charge on any atom is 0.262 e. The van der Waals surface area contributed by atoms with Crippen molar-refractivity contribution in [3.63, 3.8) is 0 Å². The molecule has 0 saturated heterocycles. The minimum atomic E-state index is -0.407. The van der Waals surface area contributed by atoms with E-state index in [1.807, 2.05) is 0 Å². The van der Waals surface area contributed by atoms with E-state index in [-0.39, 0.29) is 39.1 Å². The summed E-state index contributed by atoms with van der Waals surface area (Å²) < 4.78 is 0. The zero-order valence-electron chi connectivity index (χ0n) is 10.9. The van der Waals surface area contributed by atoms with Crippen molar-refractivity contribution < 1.29 is 21.7 Å². The molecule has 3 heteroatoms. The molecule has 0 saturated carbocycles. The largest absolute Gasteiger partial charge is 0.262 e. The molecule has 0 bridgehead atoms. The molecule has 0 aromatic heterocycles. The molecule has 0 aromatic carbocycles. The van der Waals surface area contributed by atoms with Crippen LogP contribution in [0.1, 0.15) is 41.5 Å². The molecule has 0 radical (unpaired) electrons. The standard InChI is InChI=1S/3C4H9.2Al.Ti.3H/c3*1-4(2)3;;;;;;/h3*4H,1H2,2-3H3;;;;;;. The SMILES string of the molecule is CC(C)[CH2][Al]([CH2]C(C)C)[CH2]C(C)C.[AlH3].[Ti]. The summed E-state index contributed by atoms with van der Waals surface area (Å²) in [6.07, 6.45) is 0. The number of hydrogen-bond acceptors (Lipinski definition) is 0. The van der Waals surface area contributed by atoms with Crippen molar-refractivity contribution in [3.8, 4) is 0 Å². The molecule has 0 rings (SSSR count). The van der Waals surface area contributed by atoms with E-state index in [1.54, 1.807) is 15.8 Å². The van der Waals surface area contributed by atoms with Crippen LogP contribution in [0.2, 0.25) is 15.8 Å². The van der Waals surface area contributed by atoms with Crippen molar-refractivity contribution in [1.29, 1.82) is 0 Å². The molecule has 0 spiro atoms. The van der Waals surface area contributed by atoms with Crippen LogP contribution < -0.4 is 0 Å². The van der Waals surface area contributed by atoms with Crippen LogP contribution in [0.3, 0.4) is 0 Å². The summed E-state index contributed by atoms with van der Waals surface area (Å²) in [4.78, 5) is 0. The van der Waals surface area contributed by atoms with Gasteiger partial charge in [-0.05, 0) is 0 Å². The first-order valence-electron chi connectivity index (χ1n) is 5.91. The van der Waals surface area contributed by atoms with Crippen molar-refractivity contribution in [1.82, 2.24) is 0 Å². The maximum atomic E-state index is 2.38. The van der Waals surface area contributed by atoms with Crippen LogP contribution in [0.4, 0.5) is 0 Å². The summed E-state index contributed by atoms with van der Waals surface area (Å²) in [7, 11) is 0. The second-order valence-corrected chi connectivity index (χ2v) is 8.90. The fourth-order valence-corrected chi connectivity index (χ4v) is 6.87.